The van der Waals surface area contributed by atoms with Gasteiger partial charge in [-0.15, -0.1) is 0 Å². The molecule has 0 radical (unpaired) electrons. The van der Waals surface area contributed by atoms with Crippen molar-refractivity contribution in [2.45, 2.75) is 33.0 Å². The van der Waals surface area contributed by atoms with E-state index >= 15 is 0 Å². The van der Waals surface area contributed by atoms with Gasteiger partial charge in [-0.2, -0.15) is 0 Å². The van der Waals surface area contributed by atoms with Gasteiger partial charge in [0.25, 0.3) is 0 Å². The highest BCUT2D eigenvalue weighted by atomic mass is 16.6. The second kappa shape index (κ2) is 12.5. The van der Waals surface area contributed by atoms with E-state index in [4.69, 9.17) is 33.2 Å². The van der Waals surface area contributed by atoms with Crippen LogP contribution in [0.15, 0.2) is 42.5 Å². The molecule has 3 aromatic carbocycles. The smallest absolute Gasteiger partial charge is 0.338 e. The molecule has 0 saturated heterocycles. The van der Waals surface area contributed by atoms with Gasteiger partial charge >= 0.3 is 11.9 Å². The van der Waals surface area contributed by atoms with E-state index in [1.807, 2.05) is 13.8 Å². The number of fused-ring (bicyclic) bond motifs is 3. The Labute approximate surface area is 245 Å². The quantitative estimate of drug-likeness (QED) is 0.323. The van der Waals surface area contributed by atoms with Crippen LogP contribution in [0, 0.1) is 11.8 Å². The lowest BCUT2D eigenvalue weighted by Gasteiger charge is -2.38. The van der Waals surface area contributed by atoms with Crippen LogP contribution in [0.25, 0.3) is 11.1 Å². The Balaban J connectivity index is 2.17. The predicted octanol–water partition coefficient (Wildman–Crippen LogP) is 5.89. The van der Waals surface area contributed by atoms with E-state index in [0.717, 1.165) is 0 Å². The number of rotatable bonds is 8. The minimum atomic E-state index is -0.933. The van der Waals surface area contributed by atoms with E-state index in [1.54, 1.807) is 42.5 Å². The normalized spacial score (nSPS) is 19.2. The zero-order valence-electron chi connectivity index (χ0n) is 25.0. The zero-order chi connectivity index (χ0) is 30.7. The highest BCUT2D eigenvalue weighted by Gasteiger charge is 2.43. The molecule has 3 aromatic rings. The van der Waals surface area contributed by atoms with Gasteiger partial charge in [0.1, 0.15) is 12.2 Å². The van der Waals surface area contributed by atoms with Gasteiger partial charge in [0.05, 0.1) is 41.1 Å². The van der Waals surface area contributed by atoms with E-state index in [0.29, 0.717) is 28.0 Å². The van der Waals surface area contributed by atoms with E-state index in [1.165, 1.54) is 42.5 Å². The molecule has 0 aliphatic heterocycles. The highest BCUT2D eigenvalue weighted by molar-refractivity contribution is 5.91. The molecule has 0 aromatic heterocycles. The molecule has 4 atom stereocenters. The van der Waals surface area contributed by atoms with Crippen LogP contribution >= 0.6 is 0 Å². The summed E-state index contributed by atoms with van der Waals surface area (Å²) in [6.07, 6.45) is -1.79. The molecule has 224 valence electrons. The highest BCUT2D eigenvalue weighted by Crippen LogP contribution is 2.59. The first-order chi connectivity index (χ1) is 20.1. The fourth-order valence-corrected chi connectivity index (χ4v) is 5.54. The third-order valence-corrected chi connectivity index (χ3v) is 7.72. The standard InChI is InChI=1S/C32H36O10/c1-16-17(2)28(42-32(35)19-12-10-9-11-13-19)20-14-22(36-4)29(38-6)26(34)24(20)25-21(27(16)41-18(3)33)15-23(37-5)30(39-7)31(25)40-8/h9-17,27-28,34H,1-8H3/t16-,17+,27-,28-/m1/s1. The molecule has 0 heterocycles. The van der Waals surface area contributed by atoms with Crippen molar-refractivity contribution < 1.29 is 47.9 Å². The SMILES string of the molecule is COc1cc2c(c(O)c1OC)-c1c(cc(OC)c(OC)c1OC)[C@H](OC(C)=O)[C@H](C)[C@H](C)[C@H]2OC(=O)c1ccccc1. The second-order valence-electron chi connectivity index (χ2n) is 9.97. The number of carbonyl (C=O) groups excluding carboxylic acids is 2. The van der Waals surface area contributed by atoms with E-state index in [-0.39, 0.29) is 34.3 Å². The number of carbonyl (C=O) groups is 2. The van der Waals surface area contributed by atoms with Crippen LogP contribution in [0.5, 0.6) is 34.5 Å². The molecule has 1 aliphatic carbocycles. The summed E-state index contributed by atoms with van der Waals surface area (Å²) in [6, 6.07) is 12.0. The van der Waals surface area contributed by atoms with Crippen LogP contribution in [0.1, 0.15) is 54.5 Å². The van der Waals surface area contributed by atoms with Gasteiger partial charge < -0.3 is 38.3 Å². The molecule has 4 rings (SSSR count). The number of hydrogen-bond acceptors (Lipinski definition) is 10. The van der Waals surface area contributed by atoms with Gasteiger partial charge in [-0.3, -0.25) is 4.79 Å². The number of phenolic OH excluding ortho intramolecular Hbond substituents is 1. The van der Waals surface area contributed by atoms with Crippen molar-refractivity contribution in [3.8, 4) is 45.6 Å². The van der Waals surface area contributed by atoms with Crippen molar-refractivity contribution in [2.24, 2.45) is 11.8 Å². The van der Waals surface area contributed by atoms with Gasteiger partial charge in [-0.05, 0) is 24.3 Å². The number of esters is 2. The molecule has 10 heteroatoms. The minimum Gasteiger partial charge on any atom is -0.504 e. The van der Waals surface area contributed by atoms with Crippen LogP contribution in [-0.4, -0.2) is 52.6 Å². The lowest BCUT2D eigenvalue weighted by molar-refractivity contribution is -0.151. The summed E-state index contributed by atoms with van der Waals surface area (Å²) >= 11 is 0. The summed E-state index contributed by atoms with van der Waals surface area (Å²) < 4.78 is 40.5. The molecule has 10 nitrogen and oxygen atoms in total. The summed E-state index contributed by atoms with van der Waals surface area (Å²) in [7, 11) is 7.25. The van der Waals surface area contributed by atoms with Crippen LogP contribution in [-0.2, 0) is 14.3 Å². The molecular weight excluding hydrogens is 544 g/mol. The number of hydrogen-bond donors (Lipinski definition) is 1. The van der Waals surface area contributed by atoms with Gasteiger partial charge in [-0.25, -0.2) is 4.79 Å². The van der Waals surface area contributed by atoms with Crippen LogP contribution in [0.3, 0.4) is 0 Å². The van der Waals surface area contributed by atoms with E-state index in [2.05, 4.69) is 0 Å². The number of phenols is 1. The molecule has 0 spiro atoms. The maximum Gasteiger partial charge on any atom is 0.338 e. The number of aromatic hydroxyl groups is 1. The Morgan fingerprint density at radius 1 is 0.667 bits per heavy atom. The third kappa shape index (κ3) is 5.24. The largest absolute Gasteiger partial charge is 0.504 e. The molecule has 0 unspecified atom stereocenters. The molecule has 0 saturated carbocycles. The van der Waals surface area contributed by atoms with Crippen molar-refractivity contribution in [2.75, 3.05) is 35.5 Å². The summed E-state index contributed by atoms with van der Waals surface area (Å²) in [4.78, 5) is 25.9. The fourth-order valence-electron chi connectivity index (χ4n) is 5.54. The predicted molar refractivity (Wildman–Crippen MR) is 154 cm³/mol. The topological polar surface area (TPSA) is 119 Å². The summed E-state index contributed by atoms with van der Waals surface area (Å²) in [5, 5.41) is 11.8. The molecule has 0 bridgehead atoms. The molecule has 0 amide bonds. The molecule has 0 fully saturated rings. The minimum absolute atomic E-state index is 0.0532. The van der Waals surface area contributed by atoms with Crippen molar-refractivity contribution in [3.63, 3.8) is 0 Å². The molecule has 42 heavy (non-hydrogen) atoms. The van der Waals surface area contributed by atoms with Gasteiger partial charge in [0.15, 0.2) is 23.0 Å². The Kier molecular flexibility index (Phi) is 9.04. The Morgan fingerprint density at radius 3 is 1.67 bits per heavy atom. The van der Waals surface area contributed by atoms with Crippen molar-refractivity contribution in [1.29, 1.82) is 0 Å². The Hall–Kier alpha value is -4.60. The van der Waals surface area contributed by atoms with Crippen LogP contribution in [0.4, 0.5) is 0 Å². The monoisotopic (exact) mass is 580 g/mol. The van der Waals surface area contributed by atoms with Crippen molar-refractivity contribution in [3.05, 3.63) is 59.2 Å². The van der Waals surface area contributed by atoms with E-state index < -0.39 is 36.0 Å². The fraction of sp³-hybridized carbons (Fsp3) is 0.375. The molecule has 1 N–H and O–H groups in total. The van der Waals surface area contributed by atoms with Gasteiger partial charge in [-0.1, -0.05) is 32.0 Å². The number of benzene rings is 3. The van der Waals surface area contributed by atoms with E-state index in [9.17, 15) is 14.7 Å². The zero-order valence-corrected chi connectivity index (χ0v) is 25.0. The van der Waals surface area contributed by atoms with Crippen molar-refractivity contribution in [1.82, 2.24) is 0 Å². The Morgan fingerprint density at radius 2 is 1.17 bits per heavy atom. The summed E-state index contributed by atoms with van der Waals surface area (Å²) in [5.41, 5.74) is 1.88. The average molecular weight is 581 g/mol. The first-order valence-electron chi connectivity index (χ1n) is 13.4. The van der Waals surface area contributed by atoms with Crippen LogP contribution in [0.2, 0.25) is 0 Å². The summed E-state index contributed by atoms with van der Waals surface area (Å²) in [6.45, 7) is 5.12. The number of ether oxygens (including phenoxy) is 7. The van der Waals surface area contributed by atoms with Crippen molar-refractivity contribution >= 4 is 11.9 Å². The maximum absolute atomic E-state index is 13.5. The first kappa shape index (κ1) is 30.4. The number of methoxy groups -OCH3 is 5. The molecular formula is C32H36O10. The first-order valence-corrected chi connectivity index (χ1v) is 13.4. The van der Waals surface area contributed by atoms with Gasteiger partial charge in [0.2, 0.25) is 11.5 Å². The third-order valence-electron chi connectivity index (χ3n) is 7.72. The molecule has 1 aliphatic rings. The second-order valence-corrected chi connectivity index (χ2v) is 9.97. The maximum atomic E-state index is 13.5. The van der Waals surface area contributed by atoms with Crippen LogP contribution < -0.4 is 23.7 Å². The average Bonchev–Trinajstić information content (AvgIpc) is 3.00. The lowest BCUT2D eigenvalue weighted by Crippen LogP contribution is -2.31. The van der Waals surface area contributed by atoms with Gasteiger partial charge in [0, 0.05) is 41.0 Å². The lowest BCUT2D eigenvalue weighted by atomic mass is 9.74. The Bertz CT molecular complexity index is 1470. The summed E-state index contributed by atoms with van der Waals surface area (Å²) in [5.74, 6) is -1.15.